The number of aromatic nitrogens is 1. The van der Waals surface area contributed by atoms with E-state index in [0.717, 1.165) is 16.9 Å². The molecule has 0 saturated carbocycles. The zero-order chi connectivity index (χ0) is 23.3. The van der Waals surface area contributed by atoms with Crippen molar-refractivity contribution < 1.29 is 21.1 Å². The van der Waals surface area contributed by atoms with E-state index < -0.39 is 8.07 Å². The molecule has 0 amide bonds. The van der Waals surface area contributed by atoms with Gasteiger partial charge in [0.05, 0.1) is 8.07 Å². The van der Waals surface area contributed by atoms with Crippen LogP contribution in [0.3, 0.4) is 0 Å². The Hall–Kier alpha value is -3.07. The van der Waals surface area contributed by atoms with Gasteiger partial charge >= 0.3 is 21.1 Å². The summed E-state index contributed by atoms with van der Waals surface area (Å²) in [6, 6.07) is 38.6. The Morgan fingerprint density at radius 1 is 0.771 bits per heavy atom. The molecule has 0 unspecified atom stereocenters. The molecule has 1 aliphatic rings. The summed E-state index contributed by atoms with van der Waals surface area (Å²) in [5.41, 5.74) is 4.47. The minimum absolute atomic E-state index is 0. The van der Waals surface area contributed by atoms with Crippen LogP contribution in [-0.2, 0) is 21.1 Å². The Balaban J connectivity index is 0.00000253. The van der Waals surface area contributed by atoms with Gasteiger partial charge in [0.25, 0.3) is 0 Å². The first-order chi connectivity index (χ1) is 16.5. The van der Waals surface area contributed by atoms with Gasteiger partial charge < -0.3 is 14.4 Å². The van der Waals surface area contributed by atoms with Gasteiger partial charge in [-0.2, -0.15) is 83.8 Å². The average molecular weight is 651 g/mol. The summed E-state index contributed by atoms with van der Waals surface area (Å²) in [5, 5.41) is 5.08. The van der Waals surface area contributed by atoms with Crippen LogP contribution in [0.5, 0.6) is 0 Å². The number of anilines is 1. The van der Waals surface area contributed by atoms with Gasteiger partial charge in [0.2, 0.25) is 0 Å². The van der Waals surface area contributed by atoms with Crippen molar-refractivity contribution in [3.05, 3.63) is 116 Å². The number of hydrogen-bond acceptors (Lipinski definition) is 2. The van der Waals surface area contributed by atoms with E-state index in [2.05, 4.69) is 120 Å². The van der Waals surface area contributed by atoms with Crippen molar-refractivity contribution in [2.75, 3.05) is 11.9 Å². The molecule has 0 atom stereocenters. The van der Waals surface area contributed by atoms with E-state index in [4.69, 9.17) is 0 Å². The second kappa shape index (κ2) is 9.18. The fraction of sp³-hybridized carbons (Fsp3) is 0.100. The van der Waals surface area contributed by atoms with Crippen molar-refractivity contribution in [3.63, 3.8) is 0 Å². The van der Waals surface area contributed by atoms with Crippen LogP contribution in [0.15, 0.2) is 91.3 Å². The van der Waals surface area contributed by atoms with E-state index in [1.807, 2.05) is 30.3 Å². The molecule has 0 saturated heterocycles. The van der Waals surface area contributed by atoms with Gasteiger partial charge in [0.15, 0.2) is 0 Å². The van der Waals surface area contributed by atoms with Gasteiger partial charge in [0.1, 0.15) is 0 Å². The minimum Gasteiger partial charge on any atom is -0.510 e. The van der Waals surface area contributed by atoms with Crippen LogP contribution < -0.4 is 15.3 Å². The number of rotatable bonds is 4. The Labute approximate surface area is 222 Å². The van der Waals surface area contributed by atoms with Gasteiger partial charge in [-0.1, -0.05) is 42.5 Å². The fourth-order valence-corrected chi connectivity index (χ4v) is 6.95. The molecule has 2 heterocycles. The van der Waals surface area contributed by atoms with Crippen molar-refractivity contribution in [1.29, 1.82) is 0 Å². The van der Waals surface area contributed by atoms with E-state index in [1.165, 1.54) is 26.7 Å². The topological polar surface area (TPSA) is 11.4 Å². The third-order valence-corrected chi connectivity index (χ3v) is 9.99. The van der Waals surface area contributed by atoms with Crippen LogP contribution in [0.4, 0.5) is 5.69 Å². The summed E-state index contributed by atoms with van der Waals surface area (Å²) in [7, 11) is -0.00134. The van der Waals surface area contributed by atoms with Crippen molar-refractivity contribution in [2.24, 2.45) is 0 Å². The zero-order valence-electron chi connectivity index (χ0n) is 19.9. The third-order valence-electron chi connectivity index (χ3n) is 6.71. The smallest absolute Gasteiger partial charge is 0.510 e. The van der Waals surface area contributed by atoms with Gasteiger partial charge in [-0.15, -0.1) is 17.1 Å². The van der Waals surface area contributed by atoms with Gasteiger partial charge in [0, 0.05) is 5.52 Å². The van der Waals surface area contributed by atoms with E-state index >= 15 is 0 Å². The van der Waals surface area contributed by atoms with Crippen LogP contribution in [0, 0.1) is 24.9 Å². The summed E-state index contributed by atoms with van der Waals surface area (Å²) in [6.07, 6.45) is 4.11. The summed E-state index contributed by atoms with van der Waals surface area (Å²) >= 11 is 0. The first-order valence-electron chi connectivity index (χ1n) is 11.5. The standard InChI is InChI=1S/C30H25N3Si.Pt/c1-31-18-19-32(22-31)24-12-9-13-25(20-24)34(2,3)26-16-17-30-28(21-26)27-14-7-8-15-29(27)33(30)23-10-5-4-6-11-23;/h4-10,12-15,17-19,21-22H,1-3H3;/q-4;+4. The van der Waals surface area contributed by atoms with Crippen molar-refractivity contribution in [2.45, 2.75) is 13.1 Å². The van der Waals surface area contributed by atoms with Gasteiger partial charge in [-0.25, -0.2) is 0 Å². The third kappa shape index (κ3) is 4.05. The second-order valence-corrected chi connectivity index (χ2v) is 13.6. The number of nitrogens with zero attached hydrogens (tertiary/aromatic N) is 3. The fourth-order valence-electron chi connectivity index (χ4n) is 4.76. The molecular formula is C30H25N3PtSi. The SMILES string of the molecule is CN1C=CN(c2[c-]c([Si](C)(C)c3[c-]cc4c(c3)c3ccccc3n4-c3[c-]cccc3)ccc2)[CH-]1.[Pt+4]. The molecular weight excluding hydrogens is 626 g/mol. The minimum atomic E-state index is -2.04. The molecule has 4 aromatic carbocycles. The summed E-state index contributed by atoms with van der Waals surface area (Å²) in [6.45, 7) is 6.85. The Morgan fingerprint density at radius 3 is 2.34 bits per heavy atom. The molecule has 5 aromatic rings. The van der Waals surface area contributed by atoms with Crippen molar-refractivity contribution in [3.8, 4) is 5.69 Å². The Kier molecular flexibility index (Phi) is 6.20. The molecule has 5 heteroatoms. The van der Waals surface area contributed by atoms with Crippen LogP contribution in [-0.4, -0.2) is 24.6 Å². The molecule has 174 valence electrons. The summed E-state index contributed by atoms with van der Waals surface area (Å²) < 4.78 is 2.29. The molecule has 3 nitrogen and oxygen atoms in total. The number of hydrogen-bond donors (Lipinski definition) is 0. The molecule has 0 fully saturated rings. The molecule has 0 N–H and O–H groups in total. The summed E-state index contributed by atoms with van der Waals surface area (Å²) in [5.74, 6) is 0. The quantitative estimate of drug-likeness (QED) is 0.192. The van der Waals surface area contributed by atoms with E-state index in [-0.39, 0.29) is 21.1 Å². The molecule has 0 spiro atoms. The first-order valence-corrected chi connectivity index (χ1v) is 14.5. The molecule has 1 aliphatic heterocycles. The maximum absolute atomic E-state index is 3.71. The monoisotopic (exact) mass is 650 g/mol. The molecule has 0 bridgehead atoms. The average Bonchev–Trinajstić information content (AvgIpc) is 3.45. The van der Waals surface area contributed by atoms with Crippen molar-refractivity contribution in [1.82, 2.24) is 9.47 Å². The zero-order valence-corrected chi connectivity index (χ0v) is 23.2. The predicted molar refractivity (Wildman–Crippen MR) is 144 cm³/mol. The van der Waals surface area contributed by atoms with Crippen LogP contribution in [0.1, 0.15) is 0 Å². The molecule has 35 heavy (non-hydrogen) atoms. The van der Waals surface area contributed by atoms with Gasteiger partial charge in [-0.3, -0.25) is 0 Å². The largest absolute Gasteiger partial charge is 4.00 e. The maximum Gasteiger partial charge on any atom is 4.00 e. The van der Waals surface area contributed by atoms with E-state index in [1.54, 1.807) is 0 Å². The summed E-state index contributed by atoms with van der Waals surface area (Å²) in [4.78, 5) is 4.16. The molecule has 6 rings (SSSR count). The predicted octanol–water partition coefficient (Wildman–Crippen LogP) is 5.35. The normalized spacial score (nSPS) is 13.6. The number of benzene rings is 4. The molecule has 1 aromatic heterocycles. The Morgan fingerprint density at radius 2 is 1.57 bits per heavy atom. The van der Waals surface area contributed by atoms with E-state index in [9.17, 15) is 0 Å². The van der Waals surface area contributed by atoms with Crippen molar-refractivity contribution >= 4 is 45.9 Å². The van der Waals surface area contributed by atoms with Gasteiger partial charge in [-0.05, 0) is 30.9 Å². The number of para-hydroxylation sites is 2. The van der Waals surface area contributed by atoms with Crippen LogP contribution >= 0.6 is 0 Å². The molecule has 0 radical (unpaired) electrons. The first kappa shape index (κ1) is 23.7. The maximum atomic E-state index is 3.71. The number of fused-ring (bicyclic) bond motifs is 3. The molecule has 0 aliphatic carbocycles. The van der Waals surface area contributed by atoms with Crippen LogP contribution in [0.25, 0.3) is 27.5 Å². The Bertz CT molecular complexity index is 1540. The van der Waals surface area contributed by atoms with Crippen LogP contribution in [0.2, 0.25) is 13.1 Å². The second-order valence-electron chi connectivity index (χ2n) is 9.31. The van der Waals surface area contributed by atoms with E-state index in [0.29, 0.717) is 0 Å².